The minimum atomic E-state index is -0.778. The molecule has 0 aromatic heterocycles. The molecule has 360 valence electrons. The largest absolute Gasteiger partial charge is 0.462 e. The van der Waals surface area contributed by atoms with Gasteiger partial charge in [-0.2, -0.15) is 0 Å². The molecule has 0 aromatic carbocycles. The molecule has 0 bridgehead atoms. The number of hydrogen-bond acceptors (Lipinski definition) is 6. The lowest BCUT2D eigenvalue weighted by Crippen LogP contribution is -2.30. The Hall–Kier alpha value is -2.63. The summed E-state index contributed by atoms with van der Waals surface area (Å²) >= 11 is 0. The van der Waals surface area contributed by atoms with E-state index < -0.39 is 6.10 Å². The van der Waals surface area contributed by atoms with Crippen LogP contribution in [-0.2, 0) is 28.6 Å². The molecule has 0 radical (unpaired) electrons. The Kier molecular flexibility index (Phi) is 48.8. The van der Waals surface area contributed by atoms with Gasteiger partial charge in [0.1, 0.15) is 13.2 Å². The molecule has 0 rings (SSSR count). The van der Waals surface area contributed by atoms with Crippen LogP contribution in [0.4, 0.5) is 0 Å². The summed E-state index contributed by atoms with van der Waals surface area (Å²) in [6.45, 7) is 6.52. The molecule has 0 amide bonds. The van der Waals surface area contributed by atoms with E-state index in [0.29, 0.717) is 19.3 Å². The second kappa shape index (κ2) is 51.0. The topological polar surface area (TPSA) is 78.9 Å². The molecule has 0 aromatic rings. The molecule has 0 spiro atoms. The fourth-order valence-corrected chi connectivity index (χ4v) is 7.57. The van der Waals surface area contributed by atoms with Crippen LogP contribution >= 0.6 is 0 Å². The van der Waals surface area contributed by atoms with Gasteiger partial charge in [0.2, 0.25) is 0 Å². The third kappa shape index (κ3) is 48.4. The lowest BCUT2D eigenvalue weighted by atomic mass is 10.1. The molecule has 0 heterocycles. The molecule has 1 unspecified atom stereocenters. The van der Waals surface area contributed by atoms with Crippen molar-refractivity contribution in [1.82, 2.24) is 0 Å². The summed E-state index contributed by atoms with van der Waals surface area (Å²) in [7, 11) is 0. The second-order valence-corrected chi connectivity index (χ2v) is 17.8. The number of unbranched alkanes of at least 4 members (excludes halogenated alkanes) is 29. The van der Waals surface area contributed by atoms with Gasteiger partial charge in [-0.25, -0.2) is 0 Å². The summed E-state index contributed by atoms with van der Waals surface area (Å²) in [5.74, 6) is -0.887. The normalized spacial score (nSPS) is 12.4. The Bertz CT molecular complexity index is 1090. The molecular weight excluding hydrogens is 769 g/mol. The SMILES string of the molecule is CC/C=C\C/C=C\C/C=C\CCCCCCCCC(=O)OC(COC(=O)CCCCCCCCC/C=C\CCCCCCCC)COC(=O)CCCCCCCCCCCCC. The number of carbonyl (C=O) groups is 3. The zero-order valence-electron chi connectivity index (χ0n) is 41.1. The second-order valence-electron chi connectivity index (χ2n) is 17.8. The standard InChI is InChI=1S/C56H100O6/c1-4-7-10-13-16-19-22-24-26-28-30-31-34-37-40-43-46-49-55(58)61-52-53(51-60-54(57)48-45-42-39-36-33-21-18-15-12-9-6-3)62-56(59)50-47-44-41-38-35-32-29-27-25-23-20-17-14-11-8-5-2/h8,11,17,20,24-27,53H,4-7,9-10,12-16,18-19,21-23,28-52H2,1-3H3/b11-8-,20-17-,26-24-,27-25-. The van der Waals surface area contributed by atoms with Crippen LogP contribution in [0.3, 0.4) is 0 Å². The average molecular weight is 869 g/mol. The average Bonchev–Trinajstić information content (AvgIpc) is 3.27. The summed E-state index contributed by atoms with van der Waals surface area (Å²) in [5, 5.41) is 0. The number of esters is 3. The molecule has 0 saturated carbocycles. The summed E-state index contributed by atoms with van der Waals surface area (Å²) < 4.78 is 16.8. The Balaban J connectivity index is 4.36. The van der Waals surface area contributed by atoms with Crippen LogP contribution in [0.2, 0.25) is 0 Å². The third-order valence-corrected chi connectivity index (χ3v) is 11.6. The van der Waals surface area contributed by atoms with Crippen LogP contribution in [0.15, 0.2) is 48.6 Å². The molecule has 0 aliphatic carbocycles. The number of rotatable bonds is 48. The van der Waals surface area contributed by atoms with Crippen LogP contribution in [0, 0.1) is 0 Å². The predicted molar refractivity (Wildman–Crippen MR) is 265 cm³/mol. The molecular formula is C56H100O6. The summed E-state index contributed by atoms with van der Waals surface area (Å²) in [5.41, 5.74) is 0. The maximum Gasteiger partial charge on any atom is 0.306 e. The number of carbonyl (C=O) groups excluding carboxylic acids is 3. The van der Waals surface area contributed by atoms with Crippen molar-refractivity contribution in [2.24, 2.45) is 0 Å². The van der Waals surface area contributed by atoms with E-state index in [4.69, 9.17) is 14.2 Å². The van der Waals surface area contributed by atoms with Gasteiger partial charge in [0.15, 0.2) is 6.10 Å². The lowest BCUT2D eigenvalue weighted by molar-refractivity contribution is -0.167. The van der Waals surface area contributed by atoms with Crippen LogP contribution in [0.25, 0.3) is 0 Å². The summed E-state index contributed by atoms with van der Waals surface area (Å²) in [6.07, 6.45) is 60.9. The van der Waals surface area contributed by atoms with Gasteiger partial charge < -0.3 is 14.2 Å². The number of ether oxygens (including phenoxy) is 3. The molecule has 0 fully saturated rings. The zero-order valence-corrected chi connectivity index (χ0v) is 41.1. The highest BCUT2D eigenvalue weighted by atomic mass is 16.6. The summed E-state index contributed by atoms with van der Waals surface area (Å²) in [6, 6.07) is 0. The first-order valence-corrected chi connectivity index (χ1v) is 26.6. The first-order valence-electron chi connectivity index (χ1n) is 26.6. The van der Waals surface area contributed by atoms with Crippen molar-refractivity contribution in [2.75, 3.05) is 13.2 Å². The van der Waals surface area contributed by atoms with Crippen LogP contribution in [0.5, 0.6) is 0 Å². The van der Waals surface area contributed by atoms with E-state index in [9.17, 15) is 14.4 Å². The molecule has 6 nitrogen and oxygen atoms in total. The van der Waals surface area contributed by atoms with Gasteiger partial charge in [-0.3, -0.25) is 14.4 Å². The van der Waals surface area contributed by atoms with Crippen molar-refractivity contribution >= 4 is 17.9 Å². The molecule has 6 heteroatoms. The van der Waals surface area contributed by atoms with Crippen molar-refractivity contribution in [3.05, 3.63) is 48.6 Å². The molecule has 0 saturated heterocycles. The van der Waals surface area contributed by atoms with Crippen molar-refractivity contribution in [3.63, 3.8) is 0 Å². The quantitative estimate of drug-likeness (QED) is 0.0262. The minimum absolute atomic E-state index is 0.0775. The number of hydrogen-bond donors (Lipinski definition) is 0. The Morgan fingerprint density at radius 3 is 1.00 bits per heavy atom. The van der Waals surface area contributed by atoms with Crippen molar-refractivity contribution < 1.29 is 28.6 Å². The van der Waals surface area contributed by atoms with Crippen LogP contribution in [-0.4, -0.2) is 37.2 Å². The van der Waals surface area contributed by atoms with Crippen molar-refractivity contribution in [1.29, 1.82) is 0 Å². The van der Waals surface area contributed by atoms with Gasteiger partial charge in [0, 0.05) is 19.3 Å². The van der Waals surface area contributed by atoms with E-state index in [2.05, 4.69) is 69.4 Å². The first-order chi connectivity index (χ1) is 30.5. The Morgan fingerprint density at radius 1 is 0.339 bits per heavy atom. The molecule has 0 N–H and O–H groups in total. The Morgan fingerprint density at radius 2 is 0.629 bits per heavy atom. The highest BCUT2D eigenvalue weighted by Gasteiger charge is 2.19. The molecule has 1 atom stereocenters. The smallest absolute Gasteiger partial charge is 0.306 e. The first kappa shape index (κ1) is 59.4. The zero-order chi connectivity index (χ0) is 45.1. The van der Waals surface area contributed by atoms with Gasteiger partial charge in [-0.05, 0) is 77.0 Å². The van der Waals surface area contributed by atoms with Gasteiger partial charge in [-0.1, -0.05) is 223 Å². The monoisotopic (exact) mass is 869 g/mol. The lowest BCUT2D eigenvalue weighted by Gasteiger charge is -2.18. The van der Waals surface area contributed by atoms with Crippen molar-refractivity contribution in [3.8, 4) is 0 Å². The maximum absolute atomic E-state index is 12.8. The minimum Gasteiger partial charge on any atom is -0.462 e. The molecule has 0 aliphatic heterocycles. The highest BCUT2D eigenvalue weighted by molar-refractivity contribution is 5.71. The molecule has 0 aliphatic rings. The predicted octanol–water partition coefficient (Wildman–Crippen LogP) is 17.5. The maximum atomic E-state index is 12.8. The van der Waals surface area contributed by atoms with Crippen LogP contribution < -0.4 is 0 Å². The van der Waals surface area contributed by atoms with Gasteiger partial charge >= 0.3 is 17.9 Å². The van der Waals surface area contributed by atoms with Gasteiger partial charge in [-0.15, -0.1) is 0 Å². The van der Waals surface area contributed by atoms with E-state index >= 15 is 0 Å². The van der Waals surface area contributed by atoms with Crippen LogP contribution in [0.1, 0.15) is 271 Å². The molecule has 62 heavy (non-hydrogen) atoms. The summed E-state index contributed by atoms with van der Waals surface area (Å²) in [4.78, 5) is 38.0. The third-order valence-electron chi connectivity index (χ3n) is 11.6. The van der Waals surface area contributed by atoms with E-state index in [1.165, 1.54) is 141 Å². The van der Waals surface area contributed by atoms with E-state index in [0.717, 1.165) is 89.9 Å². The number of allylic oxidation sites excluding steroid dienone is 8. The van der Waals surface area contributed by atoms with Crippen molar-refractivity contribution in [2.45, 2.75) is 277 Å². The fourth-order valence-electron chi connectivity index (χ4n) is 7.57. The fraction of sp³-hybridized carbons (Fsp3) is 0.804. The van der Waals surface area contributed by atoms with E-state index in [1.54, 1.807) is 0 Å². The van der Waals surface area contributed by atoms with Gasteiger partial charge in [0.25, 0.3) is 0 Å². The van der Waals surface area contributed by atoms with Gasteiger partial charge in [0.05, 0.1) is 0 Å². The van der Waals surface area contributed by atoms with E-state index in [1.807, 2.05) is 0 Å². The van der Waals surface area contributed by atoms with E-state index in [-0.39, 0.29) is 31.1 Å². The Labute approximate surface area is 384 Å². The highest BCUT2D eigenvalue weighted by Crippen LogP contribution is 2.15.